The number of aromatic nitrogens is 2. The number of halogens is 1. The molecule has 34 heavy (non-hydrogen) atoms. The lowest BCUT2D eigenvalue weighted by Gasteiger charge is -2.40. The molecular formula is C25H24FN5O3. The Labute approximate surface area is 196 Å². The van der Waals surface area contributed by atoms with Crippen molar-refractivity contribution in [3.05, 3.63) is 65.9 Å². The second-order valence-electron chi connectivity index (χ2n) is 9.32. The van der Waals surface area contributed by atoms with Crippen molar-refractivity contribution in [3.8, 4) is 22.6 Å². The van der Waals surface area contributed by atoms with Gasteiger partial charge in [0.15, 0.2) is 11.3 Å². The lowest BCUT2D eigenvalue weighted by molar-refractivity contribution is -0.0279. The smallest absolute Gasteiger partial charge is 0.283 e. The molecule has 1 spiro atoms. The summed E-state index contributed by atoms with van der Waals surface area (Å²) >= 11 is 0. The molecule has 5 heterocycles. The number of pyridine rings is 2. The highest BCUT2D eigenvalue weighted by atomic mass is 19.1. The zero-order chi connectivity index (χ0) is 23.5. The number of fused-ring (bicyclic) bond motifs is 4. The third-order valence-electron chi connectivity index (χ3n) is 6.49. The summed E-state index contributed by atoms with van der Waals surface area (Å²) in [5.41, 5.74) is 7.43. The number of benzene rings is 1. The maximum absolute atomic E-state index is 14.5. The molecule has 0 bridgehead atoms. The van der Waals surface area contributed by atoms with E-state index in [1.807, 2.05) is 18.2 Å². The number of nitrogens with zero attached hydrogens (tertiary/aromatic N) is 4. The van der Waals surface area contributed by atoms with Gasteiger partial charge in [0.05, 0.1) is 18.4 Å². The lowest BCUT2D eigenvalue weighted by Crippen LogP contribution is -2.48. The maximum atomic E-state index is 14.5. The standard InChI is InChI=1S/C25H24FN5O3/c1-24(2)13-31(8-9-33-24)21-11-18-20(12-29-21)34-19-6-5-15(16-4-3-7-28-22(16)26)10-17(19)25(18)14-32-23(27)30-25/h3-7,10-12H,8-9,13-14H2,1-2H3,(H2,27,30)/t25-/m0/s1. The average molecular weight is 461 g/mol. The van der Waals surface area contributed by atoms with Crippen molar-refractivity contribution in [3.63, 3.8) is 0 Å². The van der Waals surface area contributed by atoms with Gasteiger partial charge in [-0.05, 0) is 49.7 Å². The highest BCUT2D eigenvalue weighted by Gasteiger charge is 2.47. The highest BCUT2D eigenvalue weighted by molar-refractivity contribution is 5.78. The molecule has 0 saturated carbocycles. The highest BCUT2D eigenvalue weighted by Crippen LogP contribution is 2.52. The molecule has 9 heteroatoms. The number of anilines is 1. The molecule has 1 aromatic carbocycles. The Hall–Kier alpha value is -3.72. The van der Waals surface area contributed by atoms with Crippen molar-refractivity contribution < 1.29 is 18.6 Å². The van der Waals surface area contributed by atoms with Crippen molar-refractivity contribution >= 4 is 11.8 Å². The third kappa shape index (κ3) is 3.27. The molecular weight excluding hydrogens is 437 g/mol. The zero-order valence-electron chi connectivity index (χ0n) is 18.9. The fourth-order valence-corrected chi connectivity index (χ4v) is 4.90. The summed E-state index contributed by atoms with van der Waals surface area (Å²) in [4.78, 5) is 15.4. The first-order valence-corrected chi connectivity index (χ1v) is 11.2. The predicted octanol–water partition coefficient (Wildman–Crippen LogP) is 3.59. The SMILES string of the molecule is CC1(C)CN(c2cc3c(cn2)Oc2ccc(-c4cccnc4F)cc2[C@@]32COC(N)=N2)CCO1. The van der Waals surface area contributed by atoms with Gasteiger partial charge in [-0.1, -0.05) is 6.07 Å². The second-order valence-corrected chi connectivity index (χ2v) is 9.32. The van der Waals surface area contributed by atoms with Crippen molar-refractivity contribution in [2.75, 3.05) is 31.2 Å². The largest absolute Gasteiger partial charge is 0.462 e. The van der Waals surface area contributed by atoms with Crippen LogP contribution in [0.15, 0.2) is 53.8 Å². The first-order valence-electron chi connectivity index (χ1n) is 11.2. The van der Waals surface area contributed by atoms with E-state index >= 15 is 0 Å². The Bertz CT molecular complexity index is 1330. The third-order valence-corrected chi connectivity index (χ3v) is 6.49. The monoisotopic (exact) mass is 461 g/mol. The predicted molar refractivity (Wildman–Crippen MR) is 125 cm³/mol. The van der Waals surface area contributed by atoms with Crippen LogP contribution in [0.5, 0.6) is 11.5 Å². The van der Waals surface area contributed by atoms with Crippen LogP contribution >= 0.6 is 0 Å². The molecule has 0 radical (unpaired) electrons. The fraction of sp³-hybridized carbons (Fsp3) is 0.320. The molecule has 1 saturated heterocycles. The van der Waals surface area contributed by atoms with Crippen LogP contribution in [0.4, 0.5) is 10.2 Å². The van der Waals surface area contributed by atoms with E-state index in [1.54, 1.807) is 24.4 Å². The fourth-order valence-electron chi connectivity index (χ4n) is 4.90. The van der Waals surface area contributed by atoms with E-state index in [0.29, 0.717) is 35.8 Å². The van der Waals surface area contributed by atoms with Crippen molar-refractivity contribution in [2.24, 2.45) is 10.7 Å². The quantitative estimate of drug-likeness (QED) is 0.583. The maximum Gasteiger partial charge on any atom is 0.283 e. The number of aliphatic imine (C=N–C) groups is 1. The summed E-state index contributed by atoms with van der Waals surface area (Å²) < 4.78 is 32.2. The first-order chi connectivity index (χ1) is 16.3. The number of nitrogens with two attached hydrogens (primary N) is 1. The van der Waals surface area contributed by atoms with Crippen molar-refractivity contribution in [1.82, 2.24) is 9.97 Å². The minimum atomic E-state index is -0.929. The Kier molecular flexibility index (Phi) is 4.54. The minimum Gasteiger partial charge on any atom is -0.462 e. The van der Waals surface area contributed by atoms with Crippen molar-refractivity contribution in [1.29, 1.82) is 0 Å². The number of hydrogen-bond donors (Lipinski definition) is 1. The summed E-state index contributed by atoms with van der Waals surface area (Å²) in [6.45, 7) is 6.38. The molecule has 1 fully saturated rings. The van der Waals surface area contributed by atoms with Crippen LogP contribution < -0.4 is 15.4 Å². The van der Waals surface area contributed by atoms with Crippen molar-refractivity contribution in [2.45, 2.75) is 25.0 Å². The van der Waals surface area contributed by atoms with Gasteiger partial charge in [-0.2, -0.15) is 4.39 Å². The topological polar surface area (TPSA) is 95.1 Å². The molecule has 0 unspecified atom stereocenters. The molecule has 2 N–H and O–H groups in total. The van der Waals surface area contributed by atoms with E-state index < -0.39 is 11.5 Å². The molecule has 3 aliphatic heterocycles. The van der Waals surface area contributed by atoms with Gasteiger partial charge < -0.3 is 24.8 Å². The van der Waals surface area contributed by atoms with E-state index in [9.17, 15) is 4.39 Å². The van der Waals surface area contributed by atoms with Crippen LogP contribution in [0.25, 0.3) is 11.1 Å². The van der Waals surface area contributed by atoms with Crippen LogP contribution in [0.3, 0.4) is 0 Å². The van der Waals surface area contributed by atoms with Gasteiger partial charge in [-0.15, -0.1) is 0 Å². The zero-order valence-corrected chi connectivity index (χ0v) is 18.9. The number of hydrogen-bond acceptors (Lipinski definition) is 8. The van der Waals surface area contributed by atoms with E-state index in [0.717, 1.165) is 23.5 Å². The molecule has 0 amide bonds. The molecule has 1 atom stereocenters. The summed E-state index contributed by atoms with van der Waals surface area (Å²) in [5.74, 6) is 1.45. The van der Waals surface area contributed by atoms with Crippen LogP contribution in [0, 0.1) is 5.95 Å². The Morgan fingerprint density at radius 2 is 1.94 bits per heavy atom. The Morgan fingerprint density at radius 3 is 2.71 bits per heavy atom. The lowest BCUT2D eigenvalue weighted by atomic mass is 9.80. The molecule has 2 aromatic heterocycles. The Balaban J connectivity index is 1.49. The Morgan fingerprint density at radius 1 is 1.09 bits per heavy atom. The van der Waals surface area contributed by atoms with Gasteiger partial charge in [0, 0.05) is 36.0 Å². The van der Waals surface area contributed by atoms with Gasteiger partial charge in [0.1, 0.15) is 18.2 Å². The van der Waals surface area contributed by atoms with E-state index in [-0.39, 0.29) is 18.2 Å². The van der Waals surface area contributed by atoms with Crippen LogP contribution in [-0.4, -0.2) is 47.9 Å². The minimum absolute atomic E-state index is 0.0997. The number of ether oxygens (including phenoxy) is 3. The van der Waals surface area contributed by atoms with Crippen LogP contribution in [0.1, 0.15) is 25.0 Å². The van der Waals surface area contributed by atoms with Crippen LogP contribution in [-0.2, 0) is 15.0 Å². The molecule has 8 nitrogen and oxygen atoms in total. The summed E-state index contributed by atoms with van der Waals surface area (Å²) in [5, 5.41) is 0. The second kappa shape index (κ2) is 7.39. The molecule has 0 aliphatic carbocycles. The molecule has 6 rings (SSSR count). The van der Waals surface area contributed by atoms with Crippen LogP contribution in [0.2, 0.25) is 0 Å². The number of rotatable bonds is 2. The number of morpholine rings is 1. The molecule has 174 valence electrons. The molecule has 3 aromatic rings. The normalized spacial score (nSPS) is 22.4. The number of amidine groups is 1. The van der Waals surface area contributed by atoms with E-state index in [2.05, 4.69) is 28.7 Å². The summed E-state index contributed by atoms with van der Waals surface area (Å²) in [6, 6.07) is 11.0. The van der Waals surface area contributed by atoms with E-state index in [4.69, 9.17) is 24.9 Å². The van der Waals surface area contributed by atoms with Gasteiger partial charge in [-0.3, -0.25) is 0 Å². The van der Waals surface area contributed by atoms with Gasteiger partial charge in [-0.25, -0.2) is 15.0 Å². The van der Waals surface area contributed by atoms with Gasteiger partial charge in [0.2, 0.25) is 5.95 Å². The van der Waals surface area contributed by atoms with Gasteiger partial charge in [0.25, 0.3) is 6.02 Å². The van der Waals surface area contributed by atoms with Gasteiger partial charge >= 0.3 is 0 Å². The molecule has 3 aliphatic rings. The van der Waals surface area contributed by atoms with E-state index in [1.165, 1.54) is 6.20 Å². The first kappa shape index (κ1) is 20.9. The summed E-state index contributed by atoms with van der Waals surface area (Å²) in [6.07, 6.45) is 3.14. The summed E-state index contributed by atoms with van der Waals surface area (Å²) in [7, 11) is 0. The average Bonchev–Trinajstić information content (AvgIpc) is 3.21.